The van der Waals surface area contributed by atoms with Crippen LogP contribution in [-0.2, 0) is 12.8 Å². The van der Waals surface area contributed by atoms with E-state index in [-0.39, 0.29) is 0 Å². The monoisotopic (exact) mass is 282 g/mol. The molecular weight excluding hydrogens is 268 g/mol. The second-order valence-corrected chi connectivity index (χ2v) is 5.03. The van der Waals surface area contributed by atoms with Crippen LogP contribution >= 0.6 is 0 Å². The van der Waals surface area contributed by atoms with E-state index in [0.29, 0.717) is 18.1 Å². The minimum Gasteiger partial charge on any atom is -0.385 e. The number of hydrogen-bond donors (Lipinski definition) is 1. The highest BCUT2D eigenvalue weighted by atomic mass is 16.5. The Morgan fingerprint density at radius 3 is 3.10 bits per heavy atom. The predicted octanol–water partition coefficient (Wildman–Crippen LogP) is 2.67. The summed E-state index contributed by atoms with van der Waals surface area (Å²) in [6, 6.07) is 7.92. The van der Waals surface area contributed by atoms with Crippen LogP contribution < -0.4 is 5.32 Å². The number of anilines is 1. The zero-order valence-corrected chi connectivity index (χ0v) is 11.4. The van der Waals surface area contributed by atoms with Crippen molar-refractivity contribution in [1.82, 2.24) is 15.3 Å². The van der Waals surface area contributed by atoms with Gasteiger partial charge in [-0.25, -0.2) is 0 Å². The molecule has 1 aliphatic rings. The summed E-state index contributed by atoms with van der Waals surface area (Å²) in [6.07, 6.45) is 4.23. The molecule has 0 saturated carbocycles. The maximum atomic E-state index is 5.41. The fraction of sp³-hybridized carbons (Fsp3) is 0.267. The zero-order valence-electron chi connectivity index (χ0n) is 11.4. The lowest BCUT2D eigenvalue weighted by Gasteiger charge is -2.19. The van der Waals surface area contributed by atoms with Gasteiger partial charge in [0.15, 0.2) is 5.82 Å². The molecule has 1 aliphatic heterocycles. The molecule has 4 rings (SSSR count). The summed E-state index contributed by atoms with van der Waals surface area (Å²) < 4.78 is 10.5. The Kier molecular flexibility index (Phi) is 2.92. The molecule has 0 aliphatic carbocycles. The molecule has 0 spiro atoms. The molecule has 0 saturated heterocycles. The quantitative estimate of drug-likeness (QED) is 0.795. The topological polar surface area (TPSA) is 77.0 Å². The number of nitrogens with zero attached hydrogens (tertiary/aromatic N) is 3. The van der Waals surface area contributed by atoms with Gasteiger partial charge in [0.2, 0.25) is 0 Å². The number of nitrogens with one attached hydrogen (secondary N) is 1. The van der Waals surface area contributed by atoms with Gasteiger partial charge in [-0.05, 0) is 30.5 Å². The summed E-state index contributed by atoms with van der Waals surface area (Å²) in [5.74, 6) is 1.88. The first-order valence-electron chi connectivity index (χ1n) is 6.98. The summed E-state index contributed by atoms with van der Waals surface area (Å²) in [4.78, 5) is 4.47. The number of benzene rings is 1. The van der Waals surface area contributed by atoms with Gasteiger partial charge in [-0.3, -0.25) is 0 Å². The number of fused-ring (bicyclic) bond motifs is 1. The standard InChI is InChI=1S/C15H14N4O2/c1-3-12(11-4-2-7-16-13(11)5-1)15-18-14(19-21-15)9-10-6-8-17-20-10/h1,3,5-6,8,16H,2,4,7,9H2. The van der Waals surface area contributed by atoms with Gasteiger partial charge in [0.05, 0.1) is 12.6 Å². The third-order valence-corrected chi connectivity index (χ3v) is 3.62. The third kappa shape index (κ3) is 2.29. The second kappa shape index (κ2) is 5.05. The summed E-state index contributed by atoms with van der Waals surface area (Å²) in [6.45, 7) is 1.01. The molecule has 0 amide bonds. The summed E-state index contributed by atoms with van der Waals surface area (Å²) in [7, 11) is 0. The van der Waals surface area contributed by atoms with Crippen LogP contribution in [0.4, 0.5) is 5.69 Å². The maximum absolute atomic E-state index is 5.41. The van der Waals surface area contributed by atoms with E-state index in [0.717, 1.165) is 36.4 Å². The lowest BCUT2D eigenvalue weighted by atomic mass is 9.97. The van der Waals surface area contributed by atoms with Gasteiger partial charge in [-0.2, -0.15) is 4.98 Å². The van der Waals surface area contributed by atoms with Crippen molar-refractivity contribution in [2.24, 2.45) is 0 Å². The first-order valence-corrected chi connectivity index (χ1v) is 6.98. The molecule has 6 heteroatoms. The lowest BCUT2D eigenvalue weighted by Crippen LogP contribution is -2.12. The molecular formula is C15H14N4O2. The summed E-state index contributed by atoms with van der Waals surface area (Å²) in [5, 5.41) is 11.1. The van der Waals surface area contributed by atoms with Crippen LogP contribution in [-0.4, -0.2) is 21.8 Å². The van der Waals surface area contributed by atoms with Crippen molar-refractivity contribution < 1.29 is 9.05 Å². The average molecular weight is 282 g/mol. The van der Waals surface area contributed by atoms with E-state index in [2.05, 4.69) is 26.7 Å². The highest BCUT2D eigenvalue weighted by Gasteiger charge is 2.18. The van der Waals surface area contributed by atoms with Crippen LogP contribution in [0.25, 0.3) is 11.5 Å². The highest BCUT2D eigenvalue weighted by molar-refractivity contribution is 5.69. The van der Waals surface area contributed by atoms with Gasteiger partial charge >= 0.3 is 0 Å². The van der Waals surface area contributed by atoms with Crippen molar-refractivity contribution in [3.8, 4) is 11.5 Å². The van der Waals surface area contributed by atoms with Crippen molar-refractivity contribution in [2.75, 3.05) is 11.9 Å². The molecule has 3 heterocycles. The minimum atomic E-state index is 0.483. The Morgan fingerprint density at radius 1 is 1.19 bits per heavy atom. The fourth-order valence-electron chi connectivity index (χ4n) is 2.63. The molecule has 0 radical (unpaired) electrons. The SMILES string of the molecule is c1cc2c(c(-c3nc(Cc4ccno4)no3)c1)CCCN2. The molecule has 2 aromatic heterocycles. The van der Waals surface area contributed by atoms with Gasteiger partial charge in [-0.15, -0.1) is 0 Å². The molecule has 0 atom stereocenters. The molecule has 1 N–H and O–H groups in total. The second-order valence-electron chi connectivity index (χ2n) is 5.03. The van der Waals surface area contributed by atoms with E-state index in [4.69, 9.17) is 9.05 Å². The first-order chi connectivity index (χ1) is 10.4. The van der Waals surface area contributed by atoms with Crippen LogP contribution in [0.15, 0.2) is 39.5 Å². The van der Waals surface area contributed by atoms with Gasteiger partial charge in [0.25, 0.3) is 5.89 Å². The largest absolute Gasteiger partial charge is 0.385 e. The van der Waals surface area contributed by atoms with E-state index >= 15 is 0 Å². The Bertz CT molecular complexity index is 749. The van der Waals surface area contributed by atoms with Crippen molar-refractivity contribution in [1.29, 1.82) is 0 Å². The number of aromatic nitrogens is 3. The molecule has 0 unspecified atom stereocenters. The van der Waals surface area contributed by atoms with Crippen LogP contribution in [0.2, 0.25) is 0 Å². The van der Waals surface area contributed by atoms with E-state index in [9.17, 15) is 0 Å². The van der Waals surface area contributed by atoms with Gasteiger partial charge < -0.3 is 14.4 Å². The molecule has 21 heavy (non-hydrogen) atoms. The molecule has 0 bridgehead atoms. The van der Waals surface area contributed by atoms with Crippen molar-refractivity contribution >= 4 is 5.69 Å². The van der Waals surface area contributed by atoms with Gasteiger partial charge in [0.1, 0.15) is 5.76 Å². The number of rotatable bonds is 3. The third-order valence-electron chi connectivity index (χ3n) is 3.62. The Balaban J connectivity index is 1.67. The van der Waals surface area contributed by atoms with Crippen molar-refractivity contribution in [3.63, 3.8) is 0 Å². The van der Waals surface area contributed by atoms with E-state index in [1.54, 1.807) is 12.3 Å². The zero-order chi connectivity index (χ0) is 14.1. The average Bonchev–Trinajstić information content (AvgIpc) is 3.19. The Morgan fingerprint density at radius 2 is 2.19 bits per heavy atom. The molecule has 6 nitrogen and oxygen atoms in total. The lowest BCUT2D eigenvalue weighted by molar-refractivity contribution is 0.382. The van der Waals surface area contributed by atoms with Gasteiger partial charge in [-0.1, -0.05) is 16.4 Å². The number of hydrogen-bond acceptors (Lipinski definition) is 6. The van der Waals surface area contributed by atoms with Crippen molar-refractivity contribution in [2.45, 2.75) is 19.3 Å². The van der Waals surface area contributed by atoms with Crippen molar-refractivity contribution in [3.05, 3.63) is 47.6 Å². The predicted molar refractivity (Wildman–Crippen MR) is 75.9 cm³/mol. The minimum absolute atomic E-state index is 0.483. The normalized spacial score (nSPS) is 13.7. The summed E-state index contributed by atoms with van der Waals surface area (Å²) >= 11 is 0. The first kappa shape index (κ1) is 12.1. The highest BCUT2D eigenvalue weighted by Crippen LogP contribution is 2.31. The van der Waals surface area contributed by atoms with Crippen LogP contribution in [0.5, 0.6) is 0 Å². The fourth-order valence-corrected chi connectivity index (χ4v) is 2.63. The van der Waals surface area contributed by atoms with Crippen LogP contribution in [0.1, 0.15) is 23.6 Å². The van der Waals surface area contributed by atoms with Crippen LogP contribution in [0.3, 0.4) is 0 Å². The van der Waals surface area contributed by atoms with E-state index < -0.39 is 0 Å². The Hall–Kier alpha value is -2.63. The maximum Gasteiger partial charge on any atom is 0.258 e. The van der Waals surface area contributed by atoms with E-state index in [1.165, 1.54) is 5.56 Å². The molecule has 3 aromatic rings. The van der Waals surface area contributed by atoms with E-state index in [1.807, 2.05) is 12.1 Å². The molecule has 106 valence electrons. The van der Waals surface area contributed by atoms with Crippen LogP contribution in [0, 0.1) is 0 Å². The Labute approximate surface area is 121 Å². The molecule has 1 aromatic carbocycles. The van der Waals surface area contributed by atoms with Gasteiger partial charge in [0, 0.05) is 23.9 Å². The summed E-state index contributed by atoms with van der Waals surface area (Å²) in [5.41, 5.74) is 3.42. The smallest absolute Gasteiger partial charge is 0.258 e. The molecule has 0 fully saturated rings.